The molecule has 1 N–H and O–H groups in total. The van der Waals surface area contributed by atoms with Crippen LogP contribution in [0.3, 0.4) is 0 Å². The van der Waals surface area contributed by atoms with E-state index >= 15 is 0 Å². The van der Waals surface area contributed by atoms with Crippen molar-refractivity contribution in [3.8, 4) is 0 Å². The molecule has 212 valence electrons. The van der Waals surface area contributed by atoms with E-state index in [0.717, 1.165) is 39.0 Å². The Morgan fingerprint density at radius 1 is 0.457 bits per heavy atom. The van der Waals surface area contributed by atoms with Crippen LogP contribution in [0.5, 0.6) is 0 Å². The van der Waals surface area contributed by atoms with Crippen LogP contribution in [0, 0.1) is 0 Å². The fourth-order valence-corrected chi connectivity index (χ4v) is 2.81. The maximum absolute atomic E-state index is 6.05. The lowest BCUT2D eigenvalue weighted by Gasteiger charge is -2.29. The summed E-state index contributed by atoms with van der Waals surface area (Å²) in [6.07, 6.45) is 2.76. The first-order chi connectivity index (χ1) is 16.8. The van der Waals surface area contributed by atoms with Crippen LogP contribution in [-0.2, 0) is 37.9 Å². The quantitative estimate of drug-likeness (QED) is 0.160. The number of nitrogens with one attached hydrogen (secondary N) is 1. The van der Waals surface area contributed by atoms with E-state index in [0.29, 0.717) is 79.3 Å². The second kappa shape index (κ2) is 24.0. The van der Waals surface area contributed by atoms with Gasteiger partial charge in [0.05, 0.1) is 90.5 Å². The Hall–Kier alpha value is -0.360. The molecule has 0 saturated carbocycles. The standard InChI is InChI=1S/C26H55NO8/c1-7-11-28-12-8-25(2,3)34-13-9-26(4,5)35-24-23-33-22-21-32-20-19-31-18-17-30-16-15-29-14-10-27-6/h27H,7-24H2,1-6H3. The Kier molecular flexibility index (Phi) is 23.8. The number of hydrogen-bond acceptors (Lipinski definition) is 9. The molecule has 0 aliphatic rings. The van der Waals surface area contributed by atoms with Crippen molar-refractivity contribution in [3.05, 3.63) is 0 Å². The van der Waals surface area contributed by atoms with E-state index in [9.17, 15) is 0 Å². The third kappa shape index (κ3) is 26.5. The van der Waals surface area contributed by atoms with E-state index in [-0.39, 0.29) is 11.2 Å². The van der Waals surface area contributed by atoms with Gasteiger partial charge in [-0.15, -0.1) is 0 Å². The van der Waals surface area contributed by atoms with E-state index in [1.165, 1.54) is 0 Å². The van der Waals surface area contributed by atoms with Crippen molar-refractivity contribution in [2.24, 2.45) is 0 Å². The van der Waals surface area contributed by atoms with Crippen molar-refractivity contribution in [2.45, 2.75) is 65.1 Å². The SMILES string of the molecule is CCCOCCC(C)(C)OCCC(C)(C)OCCOCCOCCOCCOCCOCCNC. The molecule has 9 nitrogen and oxygen atoms in total. The molecule has 0 unspecified atom stereocenters. The van der Waals surface area contributed by atoms with Crippen molar-refractivity contribution >= 4 is 0 Å². The first kappa shape index (κ1) is 34.6. The lowest BCUT2D eigenvalue weighted by Crippen LogP contribution is -2.32. The van der Waals surface area contributed by atoms with Crippen molar-refractivity contribution in [3.63, 3.8) is 0 Å². The highest BCUT2D eigenvalue weighted by atomic mass is 16.6. The van der Waals surface area contributed by atoms with E-state index in [1.807, 2.05) is 7.05 Å². The molecule has 9 heteroatoms. The average Bonchev–Trinajstić information content (AvgIpc) is 2.81. The zero-order chi connectivity index (χ0) is 26.1. The first-order valence-corrected chi connectivity index (χ1v) is 13.2. The molecule has 0 atom stereocenters. The fraction of sp³-hybridized carbons (Fsp3) is 1.00. The van der Waals surface area contributed by atoms with Crippen molar-refractivity contribution in [1.29, 1.82) is 0 Å². The third-order valence-electron chi connectivity index (χ3n) is 5.10. The van der Waals surface area contributed by atoms with Gasteiger partial charge < -0.3 is 43.2 Å². The van der Waals surface area contributed by atoms with E-state index in [4.69, 9.17) is 37.9 Å². The molecule has 0 fully saturated rings. The van der Waals surface area contributed by atoms with Gasteiger partial charge in [0, 0.05) is 19.8 Å². The van der Waals surface area contributed by atoms with Gasteiger partial charge in [0.15, 0.2) is 0 Å². The highest BCUT2D eigenvalue weighted by molar-refractivity contribution is 4.72. The largest absolute Gasteiger partial charge is 0.381 e. The van der Waals surface area contributed by atoms with E-state index in [2.05, 4.69) is 39.9 Å². The summed E-state index contributed by atoms with van der Waals surface area (Å²) < 4.78 is 44.9. The highest BCUT2D eigenvalue weighted by Crippen LogP contribution is 2.19. The molecule has 0 heterocycles. The van der Waals surface area contributed by atoms with Gasteiger partial charge in [0.1, 0.15) is 0 Å². The van der Waals surface area contributed by atoms with Crippen LogP contribution in [0.2, 0.25) is 0 Å². The summed E-state index contributed by atoms with van der Waals surface area (Å²) in [5.74, 6) is 0. The fourth-order valence-electron chi connectivity index (χ4n) is 2.81. The van der Waals surface area contributed by atoms with Crippen LogP contribution in [0.1, 0.15) is 53.9 Å². The lowest BCUT2D eigenvalue weighted by molar-refractivity contribution is -0.0908. The molecular weight excluding hydrogens is 454 g/mol. The molecule has 0 aromatic rings. The van der Waals surface area contributed by atoms with Gasteiger partial charge in [-0.05, 0) is 54.0 Å². The predicted molar refractivity (Wildman–Crippen MR) is 138 cm³/mol. The molecule has 0 aromatic heterocycles. The van der Waals surface area contributed by atoms with Crippen molar-refractivity contribution in [1.82, 2.24) is 5.32 Å². The number of ether oxygens (including phenoxy) is 8. The molecule has 0 amide bonds. The van der Waals surface area contributed by atoms with E-state index < -0.39 is 0 Å². The molecule has 0 aliphatic heterocycles. The van der Waals surface area contributed by atoms with Gasteiger partial charge in [-0.1, -0.05) is 6.92 Å². The topological polar surface area (TPSA) is 85.9 Å². The average molecular weight is 510 g/mol. The highest BCUT2D eigenvalue weighted by Gasteiger charge is 2.22. The summed E-state index contributed by atoms with van der Waals surface area (Å²) in [5.41, 5.74) is -0.442. The van der Waals surface area contributed by atoms with Crippen LogP contribution in [0.15, 0.2) is 0 Å². The zero-order valence-corrected chi connectivity index (χ0v) is 23.5. The summed E-state index contributed by atoms with van der Waals surface area (Å²) in [4.78, 5) is 0. The molecule has 0 aromatic carbocycles. The number of hydrogen-bond donors (Lipinski definition) is 1. The summed E-state index contributed by atoms with van der Waals surface area (Å²) in [6.45, 7) is 19.8. The van der Waals surface area contributed by atoms with Crippen LogP contribution in [0.4, 0.5) is 0 Å². The Labute approximate surface area is 214 Å². The normalized spacial score (nSPS) is 12.5. The lowest BCUT2D eigenvalue weighted by atomic mass is 10.0. The van der Waals surface area contributed by atoms with Gasteiger partial charge in [-0.25, -0.2) is 0 Å². The smallest absolute Gasteiger partial charge is 0.0707 e. The molecule has 0 radical (unpaired) electrons. The predicted octanol–water partition coefficient (Wildman–Crippen LogP) is 3.09. The summed E-state index contributed by atoms with van der Waals surface area (Å²) in [5, 5.41) is 3.02. The summed E-state index contributed by atoms with van der Waals surface area (Å²) in [6, 6.07) is 0. The minimum Gasteiger partial charge on any atom is -0.381 e. The monoisotopic (exact) mass is 509 g/mol. The Morgan fingerprint density at radius 2 is 0.829 bits per heavy atom. The minimum absolute atomic E-state index is 0.188. The Bertz CT molecular complexity index is 438. The van der Waals surface area contributed by atoms with Crippen molar-refractivity contribution in [2.75, 3.05) is 106 Å². The van der Waals surface area contributed by atoms with Crippen molar-refractivity contribution < 1.29 is 37.9 Å². The molecular formula is C26H55NO8. The molecule has 0 saturated heterocycles. The van der Waals surface area contributed by atoms with Gasteiger partial charge in [0.25, 0.3) is 0 Å². The molecule has 35 heavy (non-hydrogen) atoms. The molecule has 0 bridgehead atoms. The Balaban J connectivity index is 3.43. The van der Waals surface area contributed by atoms with Gasteiger partial charge in [-0.2, -0.15) is 0 Å². The molecule has 0 rings (SSSR count). The first-order valence-electron chi connectivity index (χ1n) is 13.2. The van der Waals surface area contributed by atoms with Gasteiger partial charge in [0.2, 0.25) is 0 Å². The number of rotatable bonds is 28. The van der Waals surface area contributed by atoms with Crippen LogP contribution in [0.25, 0.3) is 0 Å². The third-order valence-corrected chi connectivity index (χ3v) is 5.10. The Morgan fingerprint density at radius 3 is 1.29 bits per heavy atom. The van der Waals surface area contributed by atoms with Gasteiger partial charge >= 0.3 is 0 Å². The van der Waals surface area contributed by atoms with E-state index in [1.54, 1.807) is 0 Å². The summed E-state index contributed by atoms with van der Waals surface area (Å²) in [7, 11) is 1.90. The maximum atomic E-state index is 6.05. The minimum atomic E-state index is -0.255. The maximum Gasteiger partial charge on any atom is 0.0707 e. The van der Waals surface area contributed by atoms with Crippen LogP contribution >= 0.6 is 0 Å². The van der Waals surface area contributed by atoms with Crippen LogP contribution < -0.4 is 5.32 Å². The second-order valence-electron chi connectivity index (χ2n) is 9.49. The number of likely N-dealkylation sites (N-methyl/N-ethyl adjacent to an activating group) is 1. The molecule has 0 spiro atoms. The zero-order valence-electron chi connectivity index (χ0n) is 23.5. The molecule has 0 aliphatic carbocycles. The summed E-state index contributed by atoms with van der Waals surface area (Å²) >= 11 is 0. The second-order valence-corrected chi connectivity index (χ2v) is 9.49. The van der Waals surface area contributed by atoms with Gasteiger partial charge in [-0.3, -0.25) is 0 Å². The van der Waals surface area contributed by atoms with Crippen LogP contribution in [-0.4, -0.2) is 117 Å².